The largest absolute Gasteiger partial charge is 0.387 e. The first-order valence-electron chi connectivity index (χ1n) is 9.45. The third-order valence-corrected chi connectivity index (χ3v) is 4.25. The third kappa shape index (κ3) is 6.89. The van der Waals surface area contributed by atoms with Crippen molar-refractivity contribution in [3.8, 4) is 0 Å². The molecular formula is C17H33N7O2. The maximum Gasteiger partial charge on any atom is 0.191 e. The topological polar surface area (TPSA) is 99.8 Å². The van der Waals surface area contributed by atoms with E-state index in [1.165, 1.54) is 0 Å². The number of rotatable bonds is 9. The molecule has 3 N–H and O–H groups in total. The average Bonchev–Trinajstić information content (AvgIpc) is 3.08. The van der Waals surface area contributed by atoms with E-state index in [0.29, 0.717) is 25.6 Å². The number of hydrogen-bond acceptors (Lipinski definition) is 6. The summed E-state index contributed by atoms with van der Waals surface area (Å²) in [6, 6.07) is 0. The molecule has 1 saturated heterocycles. The highest BCUT2D eigenvalue weighted by Gasteiger charge is 2.25. The van der Waals surface area contributed by atoms with Crippen LogP contribution >= 0.6 is 0 Å². The number of aryl methyl sites for hydroxylation is 1. The molecule has 0 aliphatic carbocycles. The van der Waals surface area contributed by atoms with Crippen molar-refractivity contribution in [2.75, 3.05) is 52.5 Å². The number of morpholine rings is 1. The van der Waals surface area contributed by atoms with Crippen molar-refractivity contribution in [3.05, 3.63) is 12.2 Å². The molecule has 1 unspecified atom stereocenters. The average molecular weight is 367 g/mol. The Kier molecular flexibility index (Phi) is 8.27. The third-order valence-electron chi connectivity index (χ3n) is 4.25. The number of nitrogens with zero attached hydrogens (tertiary/aromatic N) is 5. The highest BCUT2D eigenvalue weighted by molar-refractivity contribution is 5.79. The SMILES string of the molecule is CCNC(=NCC(C)(O)CN1CCOCC1)NCCn1cnnc1CC. The van der Waals surface area contributed by atoms with Crippen LogP contribution in [0.2, 0.25) is 0 Å². The standard InChI is InChI=1S/C17H33N7O2/c1-4-15-22-21-14-24(15)7-6-19-16(18-5-2)20-12-17(3,25)13-23-8-10-26-11-9-23/h14,25H,4-13H2,1-3H3,(H2,18,19,20). The van der Waals surface area contributed by atoms with Gasteiger partial charge in [-0.2, -0.15) is 0 Å². The first-order chi connectivity index (χ1) is 12.5. The molecule has 1 aliphatic heterocycles. The van der Waals surface area contributed by atoms with E-state index in [1.807, 2.05) is 18.4 Å². The van der Waals surface area contributed by atoms with E-state index in [1.54, 1.807) is 6.33 Å². The van der Waals surface area contributed by atoms with Crippen LogP contribution in [0.3, 0.4) is 0 Å². The van der Waals surface area contributed by atoms with Gasteiger partial charge in [-0.15, -0.1) is 10.2 Å². The van der Waals surface area contributed by atoms with E-state index in [-0.39, 0.29) is 0 Å². The molecule has 0 bridgehead atoms. The first-order valence-corrected chi connectivity index (χ1v) is 9.45. The molecule has 0 spiro atoms. The van der Waals surface area contributed by atoms with Crippen molar-refractivity contribution in [1.29, 1.82) is 0 Å². The number of β-amino-alcohol motifs (C(OH)–C–C–N with tert-alkyl or cyclic N) is 1. The van der Waals surface area contributed by atoms with Crippen LogP contribution in [-0.2, 0) is 17.7 Å². The van der Waals surface area contributed by atoms with Gasteiger partial charge in [0, 0.05) is 45.7 Å². The normalized spacial score (nSPS) is 18.5. The molecule has 0 amide bonds. The predicted octanol–water partition coefficient (Wildman–Crippen LogP) is -0.521. The fourth-order valence-electron chi connectivity index (χ4n) is 2.92. The summed E-state index contributed by atoms with van der Waals surface area (Å²) in [5.74, 6) is 1.68. The summed E-state index contributed by atoms with van der Waals surface area (Å²) in [5.41, 5.74) is -0.872. The summed E-state index contributed by atoms with van der Waals surface area (Å²) in [5, 5.41) is 25.2. The van der Waals surface area contributed by atoms with Gasteiger partial charge in [0.25, 0.3) is 0 Å². The molecule has 26 heavy (non-hydrogen) atoms. The zero-order valence-corrected chi connectivity index (χ0v) is 16.2. The van der Waals surface area contributed by atoms with E-state index in [9.17, 15) is 5.11 Å². The molecule has 0 saturated carbocycles. The van der Waals surface area contributed by atoms with Gasteiger partial charge in [0.05, 0.1) is 25.4 Å². The number of hydrogen-bond donors (Lipinski definition) is 3. The molecular weight excluding hydrogens is 334 g/mol. The number of guanidine groups is 1. The molecule has 1 fully saturated rings. The number of ether oxygens (including phenoxy) is 1. The molecule has 1 aromatic rings. The van der Waals surface area contributed by atoms with Crippen molar-refractivity contribution in [1.82, 2.24) is 30.3 Å². The van der Waals surface area contributed by atoms with E-state index in [4.69, 9.17) is 4.74 Å². The van der Waals surface area contributed by atoms with Crippen LogP contribution in [0.25, 0.3) is 0 Å². The first kappa shape index (κ1) is 20.6. The Morgan fingerprint density at radius 2 is 2.12 bits per heavy atom. The van der Waals surface area contributed by atoms with Gasteiger partial charge < -0.3 is 25.0 Å². The van der Waals surface area contributed by atoms with Crippen LogP contribution in [0.4, 0.5) is 0 Å². The zero-order valence-electron chi connectivity index (χ0n) is 16.2. The second-order valence-electron chi connectivity index (χ2n) is 6.80. The summed E-state index contributed by atoms with van der Waals surface area (Å²) in [4.78, 5) is 6.78. The maximum atomic E-state index is 10.7. The zero-order chi connectivity index (χ0) is 18.8. The molecule has 1 aliphatic rings. The van der Waals surface area contributed by atoms with Gasteiger partial charge in [0.2, 0.25) is 0 Å². The summed E-state index contributed by atoms with van der Waals surface area (Å²) in [7, 11) is 0. The lowest BCUT2D eigenvalue weighted by atomic mass is 10.1. The molecule has 0 radical (unpaired) electrons. The molecule has 9 nitrogen and oxygen atoms in total. The minimum absolute atomic E-state index is 0.340. The van der Waals surface area contributed by atoms with Crippen LogP contribution in [0.15, 0.2) is 11.3 Å². The Hall–Kier alpha value is -1.71. The Labute approximate surface area is 155 Å². The lowest BCUT2D eigenvalue weighted by Crippen LogP contribution is -2.48. The summed E-state index contributed by atoms with van der Waals surface area (Å²) in [6.07, 6.45) is 2.61. The van der Waals surface area contributed by atoms with Crippen molar-refractivity contribution < 1.29 is 9.84 Å². The molecule has 1 aromatic heterocycles. The molecule has 148 valence electrons. The lowest BCUT2D eigenvalue weighted by molar-refractivity contribution is -0.0179. The van der Waals surface area contributed by atoms with Crippen molar-refractivity contribution in [2.45, 2.75) is 39.3 Å². The van der Waals surface area contributed by atoms with E-state index in [0.717, 1.165) is 51.6 Å². The highest BCUT2D eigenvalue weighted by atomic mass is 16.5. The van der Waals surface area contributed by atoms with Gasteiger partial charge in [0.15, 0.2) is 5.96 Å². The highest BCUT2D eigenvalue weighted by Crippen LogP contribution is 2.09. The summed E-state index contributed by atoms with van der Waals surface area (Å²) >= 11 is 0. The van der Waals surface area contributed by atoms with Gasteiger partial charge in [0.1, 0.15) is 12.2 Å². The van der Waals surface area contributed by atoms with Gasteiger partial charge in [-0.25, -0.2) is 0 Å². The van der Waals surface area contributed by atoms with E-state index in [2.05, 4.69) is 37.6 Å². The monoisotopic (exact) mass is 367 g/mol. The quantitative estimate of drug-likeness (QED) is 0.399. The Balaban J connectivity index is 1.82. The second kappa shape index (κ2) is 10.4. The van der Waals surface area contributed by atoms with Crippen molar-refractivity contribution >= 4 is 5.96 Å². The molecule has 2 rings (SSSR count). The number of aliphatic imine (C=N–C) groups is 1. The van der Waals surface area contributed by atoms with Crippen LogP contribution in [0, 0.1) is 0 Å². The smallest absolute Gasteiger partial charge is 0.191 e. The van der Waals surface area contributed by atoms with E-state index < -0.39 is 5.60 Å². The molecule has 2 heterocycles. The van der Waals surface area contributed by atoms with Gasteiger partial charge in [-0.1, -0.05) is 6.92 Å². The van der Waals surface area contributed by atoms with Crippen LogP contribution in [0.1, 0.15) is 26.6 Å². The fourth-order valence-corrected chi connectivity index (χ4v) is 2.92. The number of aromatic nitrogens is 3. The van der Waals surface area contributed by atoms with E-state index >= 15 is 0 Å². The number of nitrogens with one attached hydrogen (secondary N) is 2. The molecule has 9 heteroatoms. The lowest BCUT2D eigenvalue weighted by Gasteiger charge is -2.33. The summed E-state index contributed by atoms with van der Waals surface area (Å²) in [6.45, 7) is 12.3. The van der Waals surface area contributed by atoms with Crippen molar-refractivity contribution in [3.63, 3.8) is 0 Å². The Morgan fingerprint density at radius 1 is 1.35 bits per heavy atom. The van der Waals surface area contributed by atoms with Crippen LogP contribution in [0.5, 0.6) is 0 Å². The van der Waals surface area contributed by atoms with Crippen LogP contribution < -0.4 is 10.6 Å². The Morgan fingerprint density at radius 3 is 2.81 bits per heavy atom. The second-order valence-corrected chi connectivity index (χ2v) is 6.80. The molecule has 0 aromatic carbocycles. The Bertz CT molecular complexity index is 553. The summed E-state index contributed by atoms with van der Waals surface area (Å²) < 4.78 is 7.39. The van der Waals surface area contributed by atoms with Gasteiger partial charge in [-0.3, -0.25) is 9.89 Å². The fraction of sp³-hybridized carbons (Fsp3) is 0.824. The predicted molar refractivity (Wildman–Crippen MR) is 101 cm³/mol. The minimum atomic E-state index is -0.872. The number of aliphatic hydroxyl groups is 1. The van der Waals surface area contributed by atoms with Crippen LogP contribution in [-0.4, -0.2) is 88.8 Å². The maximum absolute atomic E-state index is 10.7. The van der Waals surface area contributed by atoms with Crippen molar-refractivity contribution in [2.24, 2.45) is 4.99 Å². The molecule has 1 atom stereocenters. The van der Waals surface area contributed by atoms with Gasteiger partial charge >= 0.3 is 0 Å². The minimum Gasteiger partial charge on any atom is -0.387 e. The van der Waals surface area contributed by atoms with Gasteiger partial charge in [-0.05, 0) is 13.8 Å².